The molecule has 2 heterocycles. The van der Waals surface area contributed by atoms with Crippen LogP contribution in [0.25, 0.3) is 16.1 Å². The number of carbonyl (C=O) groups is 2. The van der Waals surface area contributed by atoms with Crippen LogP contribution in [0.3, 0.4) is 0 Å². The van der Waals surface area contributed by atoms with Gasteiger partial charge in [-0.15, -0.1) is 22.7 Å². The van der Waals surface area contributed by atoms with Crippen LogP contribution < -0.4 is 5.32 Å². The topological polar surface area (TPSA) is 101 Å². The fourth-order valence-electron chi connectivity index (χ4n) is 2.41. The van der Waals surface area contributed by atoms with Crippen molar-refractivity contribution in [3.63, 3.8) is 0 Å². The third kappa shape index (κ3) is 4.68. The first-order valence-corrected chi connectivity index (χ1v) is 10.00. The highest BCUT2D eigenvalue weighted by Crippen LogP contribution is 2.29. The summed E-state index contributed by atoms with van der Waals surface area (Å²) in [6.07, 6.45) is 1.48. The number of benzene rings is 1. The SMILES string of the molecule is COC(=O)c1cc(N/C=C(/C#N)c2nc(-c3cccs3)cs2)cc(C(=O)OC)c1. The maximum absolute atomic E-state index is 11.9. The molecule has 0 saturated heterocycles. The summed E-state index contributed by atoms with van der Waals surface area (Å²) in [6, 6.07) is 10.4. The third-order valence-corrected chi connectivity index (χ3v) is 5.55. The first-order chi connectivity index (χ1) is 14.0. The molecule has 0 spiro atoms. The van der Waals surface area contributed by atoms with E-state index in [1.165, 1.54) is 50.0 Å². The average molecular weight is 425 g/mol. The van der Waals surface area contributed by atoms with E-state index >= 15 is 0 Å². The third-order valence-electron chi connectivity index (χ3n) is 3.79. The van der Waals surface area contributed by atoms with Gasteiger partial charge in [-0.05, 0) is 29.6 Å². The van der Waals surface area contributed by atoms with Crippen LogP contribution in [0.1, 0.15) is 25.7 Å². The summed E-state index contributed by atoms with van der Waals surface area (Å²) in [4.78, 5) is 29.3. The highest BCUT2D eigenvalue weighted by atomic mass is 32.1. The molecular weight excluding hydrogens is 410 g/mol. The molecule has 0 radical (unpaired) electrons. The number of thiophene rings is 1. The Kier molecular flexibility index (Phi) is 6.39. The molecule has 0 aliphatic heterocycles. The lowest BCUT2D eigenvalue weighted by Gasteiger charge is -2.08. The van der Waals surface area contributed by atoms with Gasteiger partial charge < -0.3 is 14.8 Å². The summed E-state index contributed by atoms with van der Waals surface area (Å²) in [5, 5.41) is 16.9. The summed E-state index contributed by atoms with van der Waals surface area (Å²) in [6.45, 7) is 0. The number of aromatic nitrogens is 1. The van der Waals surface area contributed by atoms with E-state index in [1.807, 2.05) is 22.9 Å². The Morgan fingerprint density at radius 2 is 1.83 bits per heavy atom. The van der Waals surface area contributed by atoms with Gasteiger partial charge >= 0.3 is 11.9 Å². The molecule has 0 amide bonds. The van der Waals surface area contributed by atoms with Crippen LogP contribution in [-0.4, -0.2) is 31.1 Å². The summed E-state index contributed by atoms with van der Waals surface area (Å²) < 4.78 is 9.44. The van der Waals surface area contributed by atoms with Crippen molar-refractivity contribution >= 4 is 45.9 Å². The standard InChI is InChI=1S/C20H15N3O4S2/c1-26-19(24)12-6-13(20(25)27-2)8-15(7-12)22-10-14(9-21)18-23-16(11-29-18)17-4-3-5-28-17/h3-8,10-11,22H,1-2H3/b14-10-. The highest BCUT2D eigenvalue weighted by Gasteiger charge is 2.14. The molecule has 3 rings (SSSR count). The van der Waals surface area contributed by atoms with E-state index in [2.05, 4.69) is 16.4 Å². The normalized spacial score (nSPS) is 10.9. The van der Waals surface area contributed by atoms with Crippen LogP contribution in [0.15, 0.2) is 47.3 Å². The molecular formula is C20H15N3O4S2. The van der Waals surface area contributed by atoms with Crippen molar-refractivity contribution in [1.82, 2.24) is 4.98 Å². The molecule has 1 aromatic carbocycles. The van der Waals surface area contributed by atoms with E-state index < -0.39 is 11.9 Å². The number of nitrogens with zero attached hydrogens (tertiary/aromatic N) is 2. The zero-order chi connectivity index (χ0) is 20.8. The van der Waals surface area contributed by atoms with Gasteiger partial charge in [0.05, 0.1) is 35.9 Å². The van der Waals surface area contributed by atoms with Crippen LogP contribution >= 0.6 is 22.7 Å². The zero-order valence-corrected chi connectivity index (χ0v) is 17.1. The van der Waals surface area contributed by atoms with Crippen LogP contribution in [0.4, 0.5) is 5.69 Å². The Balaban J connectivity index is 1.89. The minimum atomic E-state index is -0.594. The van der Waals surface area contributed by atoms with Crippen LogP contribution in [0.5, 0.6) is 0 Å². The molecule has 0 atom stereocenters. The number of ether oxygens (including phenoxy) is 2. The van der Waals surface area contributed by atoms with Crippen molar-refractivity contribution in [2.75, 3.05) is 19.5 Å². The van der Waals surface area contributed by atoms with Gasteiger partial charge in [0.1, 0.15) is 16.6 Å². The second kappa shape index (κ2) is 9.14. The molecule has 3 aromatic rings. The molecule has 29 heavy (non-hydrogen) atoms. The Labute approximate surface area is 174 Å². The predicted molar refractivity (Wildman–Crippen MR) is 112 cm³/mol. The maximum Gasteiger partial charge on any atom is 0.337 e. The van der Waals surface area contributed by atoms with Gasteiger partial charge in [0.25, 0.3) is 0 Å². The summed E-state index contributed by atoms with van der Waals surface area (Å²) in [7, 11) is 2.50. The summed E-state index contributed by atoms with van der Waals surface area (Å²) in [5.41, 5.74) is 1.91. The number of hydrogen-bond donors (Lipinski definition) is 1. The van der Waals surface area contributed by atoms with E-state index in [0.29, 0.717) is 16.3 Å². The van der Waals surface area contributed by atoms with Gasteiger partial charge in [0.15, 0.2) is 0 Å². The Hall–Kier alpha value is -3.48. The number of nitrogens with one attached hydrogen (secondary N) is 1. The minimum Gasteiger partial charge on any atom is -0.465 e. The van der Waals surface area contributed by atoms with E-state index in [1.54, 1.807) is 11.3 Å². The average Bonchev–Trinajstić information content (AvgIpc) is 3.45. The smallest absolute Gasteiger partial charge is 0.337 e. The lowest BCUT2D eigenvalue weighted by Crippen LogP contribution is -2.07. The van der Waals surface area contributed by atoms with Crippen LogP contribution in [-0.2, 0) is 9.47 Å². The number of rotatable bonds is 6. The van der Waals surface area contributed by atoms with E-state index in [-0.39, 0.29) is 11.1 Å². The monoisotopic (exact) mass is 425 g/mol. The number of carbonyl (C=O) groups excluding carboxylic acids is 2. The lowest BCUT2D eigenvalue weighted by molar-refractivity contribution is 0.0599. The molecule has 0 fully saturated rings. The molecule has 1 N–H and O–H groups in total. The Bertz CT molecular complexity index is 1080. The van der Waals surface area contributed by atoms with Gasteiger partial charge in [-0.1, -0.05) is 6.07 Å². The molecule has 0 aliphatic carbocycles. The zero-order valence-electron chi connectivity index (χ0n) is 15.5. The molecule has 0 saturated carbocycles. The quantitative estimate of drug-likeness (QED) is 0.461. The van der Waals surface area contributed by atoms with Crippen LogP contribution in [0.2, 0.25) is 0 Å². The van der Waals surface area contributed by atoms with Crippen molar-refractivity contribution in [3.8, 4) is 16.6 Å². The first-order valence-electron chi connectivity index (χ1n) is 8.24. The van der Waals surface area contributed by atoms with Gasteiger partial charge in [-0.25, -0.2) is 14.6 Å². The van der Waals surface area contributed by atoms with E-state index in [0.717, 1.165) is 10.6 Å². The Morgan fingerprint density at radius 3 is 2.38 bits per heavy atom. The summed E-state index contributed by atoms with van der Waals surface area (Å²) in [5.74, 6) is -1.19. The molecule has 0 unspecified atom stereocenters. The van der Waals surface area contributed by atoms with Crippen molar-refractivity contribution in [2.24, 2.45) is 0 Å². The number of anilines is 1. The lowest BCUT2D eigenvalue weighted by atomic mass is 10.1. The number of hydrogen-bond acceptors (Lipinski definition) is 9. The molecule has 9 heteroatoms. The number of nitriles is 1. The molecule has 2 aromatic heterocycles. The maximum atomic E-state index is 11.9. The van der Waals surface area contributed by atoms with Crippen molar-refractivity contribution < 1.29 is 19.1 Å². The highest BCUT2D eigenvalue weighted by molar-refractivity contribution is 7.14. The number of thiazole rings is 1. The molecule has 7 nitrogen and oxygen atoms in total. The number of methoxy groups -OCH3 is 2. The van der Waals surface area contributed by atoms with Gasteiger partial charge in [0, 0.05) is 17.3 Å². The number of esters is 2. The van der Waals surface area contributed by atoms with Gasteiger partial charge in [0.2, 0.25) is 0 Å². The second-order valence-electron chi connectivity index (χ2n) is 5.61. The van der Waals surface area contributed by atoms with Gasteiger partial charge in [-0.2, -0.15) is 5.26 Å². The Morgan fingerprint density at radius 1 is 1.14 bits per heavy atom. The predicted octanol–water partition coefficient (Wildman–Crippen LogP) is 4.42. The molecule has 0 bridgehead atoms. The fraction of sp³-hybridized carbons (Fsp3) is 0.100. The van der Waals surface area contributed by atoms with E-state index in [9.17, 15) is 14.9 Å². The van der Waals surface area contributed by atoms with Crippen molar-refractivity contribution in [1.29, 1.82) is 5.26 Å². The number of allylic oxidation sites excluding steroid dienone is 1. The molecule has 146 valence electrons. The minimum absolute atomic E-state index is 0.180. The largest absolute Gasteiger partial charge is 0.465 e. The summed E-state index contributed by atoms with van der Waals surface area (Å²) >= 11 is 2.93. The second-order valence-corrected chi connectivity index (χ2v) is 7.42. The van der Waals surface area contributed by atoms with Crippen LogP contribution in [0, 0.1) is 11.3 Å². The van der Waals surface area contributed by atoms with E-state index in [4.69, 9.17) is 9.47 Å². The van der Waals surface area contributed by atoms with Gasteiger partial charge in [-0.3, -0.25) is 0 Å². The molecule has 0 aliphatic rings. The van der Waals surface area contributed by atoms with Crippen molar-refractivity contribution in [2.45, 2.75) is 0 Å². The fourth-order valence-corrected chi connectivity index (χ4v) is 3.96. The van der Waals surface area contributed by atoms with Crippen molar-refractivity contribution in [3.05, 3.63) is 63.4 Å². The first kappa shape index (κ1) is 20.3.